The van der Waals surface area contributed by atoms with Crippen LogP contribution in [0, 0.1) is 5.92 Å². The SMILES string of the molecule is O=C(O)c1ccc(-c2nc3c([nH]2)CN(C(=O)C2CCNC2)CC3)cc1. The lowest BCUT2D eigenvalue weighted by Crippen LogP contribution is -2.40. The minimum absolute atomic E-state index is 0.0903. The number of rotatable bonds is 3. The van der Waals surface area contributed by atoms with E-state index in [0.717, 1.165) is 48.7 Å². The number of H-pyrrole nitrogens is 1. The molecule has 1 atom stereocenters. The average Bonchev–Trinajstić information content (AvgIpc) is 3.30. The second-order valence-corrected chi connectivity index (χ2v) is 6.59. The molecule has 1 amide bonds. The Hall–Kier alpha value is -2.67. The second kappa shape index (κ2) is 6.33. The molecule has 2 aliphatic rings. The van der Waals surface area contributed by atoms with Crippen molar-refractivity contribution >= 4 is 11.9 Å². The van der Waals surface area contributed by atoms with E-state index in [0.29, 0.717) is 13.1 Å². The van der Waals surface area contributed by atoms with Gasteiger partial charge in [0.15, 0.2) is 0 Å². The van der Waals surface area contributed by atoms with Gasteiger partial charge in [-0.15, -0.1) is 0 Å². The lowest BCUT2D eigenvalue weighted by atomic mass is 10.0. The van der Waals surface area contributed by atoms with Crippen molar-refractivity contribution in [2.24, 2.45) is 5.92 Å². The van der Waals surface area contributed by atoms with Crippen LogP contribution in [0.3, 0.4) is 0 Å². The molecular formula is C18H20N4O3. The number of hydrogen-bond acceptors (Lipinski definition) is 4. The summed E-state index contributed by atoms with van der Waals surface area (Å²) in [7, 11) is 0. The molecule has 25 heavy (non-hydrogen) atoms. The molecule has 1 saturated heterocycles. The summed E-state index contributed by atoms with van der Waals surface area (Å²) < 4.78 is 0. The molecule has 7 heteroatoms. The highest BCUT2D eigenvalue weighted by molar-refractivity contribution is 5.88. The highest BCUT2D eigenvalue weighted by Crippen LogP contribution is 2.24. The molecule has 7 nitrogen and oxygen atoms in total. The molecule has 0 radical (unpaired) electrons. The molecule has 1 unspecified atom stereocenters. The first-order valence-electron chi connectivity index (χ1n) is 8.53. The van der Waals surface area contributed by atoms with E-state index >= 15 is 0 Å². The number of nitrogens with one attached hydrogen (secondary N) is 2. The number of carboxylic acid groups (broad SMARTS) is 1. The van der Waals surface area contributed by atoms with E-state index in [1.807, 2.05) is 4.90 Å². The van der Waals surface area contributed by atoms with Gasteiger partial charge in [0, 0.05) is 25.1 Å². The molecule has 1 fully saturated rings. The number of carbonyl (C=O) groups excluding carboxylic acids is 1. The molecule has 0 saturated carbocycles. The van der Waals surface area contributed by atoms with Gasteiger partial charge in [0.1, 0.15) is 5.82 Å². The van der Waals surface area contributed by atoms with Crippen molar-refractivity contribution in [3.8, 4) is 11.4 Å². The number of nitrogens with zero attached hydrogens (tertiary/aromatic N) is 2. The van der Waals surface area contributed by atoms with Gasteiger partial charge in [-0.25, -0.2) is 9.78 Å². The normalized spacial score (nSPS) is 19.7. The van der Waals surface area contributed by atoms with Crippen molar-refractivity contribution in [2.75, 3.05) is 19.6 Å². The number of fused-ring (bicyclic) bond motifs is 1. The van der Waals surface area contributed by atoms with Crippen LogP contribution < -0.4 is 5.32 Å². The van der Waals surface area contributed by atoms with Crippen molar-refractivity contribution in [1.82, 2.24) is 20.2 Å². The molecule has 3 heterocycles. The van der Waals surface area contributed by atoms with Crippen LogP contribution in [0.25, 0.3) is 11.4 Å². The van der Waals surface area contributed by atoms with Crippen LogP contribution in [-0.2, 0) is 17.8 Å². The van der Waals surface area contributed by atoms with E-state index in [2.05, 4.69) is 15.3 Å². The number of amides is 1. The van der Waals surface area contributed by atoms with Gasteiger partial charge in [-0.05, 0) is 25.1 Å². The smallest absolute Gasteiger partial charge is 0.335 e. The molecule has 1 aromatic heterocycles. The third-order valence-electron chi connectivity index (χ3n) is 4.96. The van der Waals surface area contributed by atoms with Crippen molar-refractivity contribution in [3.05, 3.63) is 41.2 Å². The summed E-state index contributed by atoms with van der Waals surface area (Å²) in [4.78, 5) is 33.4. The third-order valence-corrected chi connectivity index (χ3v) is 4.96. The molecule has 130 valence electrons. The Labute approximate surface area is 145 Å². The Bertz CT molecular complexity index is 806. The Morgan fingerprint density at radius 2 is 2.04 bits per heavy atom. The van der Waals surface area contributed by atoms with Gasteiger partial charge in [-0.2, -0.15) is 0 Å². The van der Waals surface area contributed by atoms with Crippen LogP contribution >= 0.6 is 0 Å². The van der Waals surface area contributed by atoms with Gasteiger partial charge in [0.05, 0.1) is 29.4 Å². The molecular weight excluding hydrogens is 320 g/mol. The van der Waals surface area contributed by atoms with Gasteiger partial charge in [0.25, 0.3) is 0 Å². The summed E-state index contributed by atoms with van der Waals surface area (Å²) in [6.07, 6.45) is 1.65. The fourth-order valence-electron chi connectivity index (χ4n) is 3.51. The van der Waals surface area contributed by atoms with Crippen LogP contribution in [0.15, 0.2) is 24.3 Å². The first-order valence-corrected chi connectivity index (χ1v) is 8.53. The Kier molecular flexibility index (Phi) is 4.01. The van der Waals surface area contributed by atoms with E-state index in [1.54, 1.807) is 24.3 Å². The standard InChI is InChI=1S/C18H20N4O3/c23-17(13-5-7-19-9-13)22-8-6-14-15(10-22)21-16(20-14)11-1-3-12(4-2-11)18(24)25/h1-4,13,19H,5-10H2,(H,20,21)(H,24,25). The maximum absolute atomic E-state index is 12.6. The predicted octanol–water partition coefficient (Wildman–Crippen LogP) is 1.27. The minimum atomic E-state index is -0.944. The molecule has 1 aromatic carbocycles. The number of imidazole rings is 1. The Morgan fingerprint density at radius 1 is 1.24 bits per heavy atom. The van der Waals surface area contributed by atoms with Gasteiger partial charge >= 0.3 is 5.97 Å². The maximum atomic E-state index is 12.6. The van der Waals surface area contributed by atoms with Crippen LogP contribution in [0.1, 0.15) is 28.2 Å². The molecule has 0 spiro atoms. The monoisotopic (exact) mass is 340 g/mol. The summed E-state index contributed by atoms with van der Waals surface area (Å²) in [5.41, 5.74) is 3.06. The van der Waals surface area contributed by atoms with E-state index < -0.39 is 5.97 Å². The molecule has 2 aromatic rings. The predicted molar refractivity (Wildman–Crippen MR) is 91.1 cm³/mol. The number of aromatic nitrogens is 2. The number of carbonyl (C=O) groups is 2. The summed E-state index contributed by atoms with van der Waals surface area (Å²) in [6.45, 7) is 2.94. The van der Waals surface area contributed by atoms with Crippen LogP contribution in [0.2, 0.25) is 0 Å². The summed E-state index contributed by atoms with van der Waals surface area (Å²) in [5, 5.41) is 12.2. The summed E-state index contributed by atoms with van der Waals surface area (Å²) in [5.74, 6) is 0.0877. The lowest BCUT2D eigenvalue weighted by molar-refractivity contribution is -0.135. The summed E-state index contributed by atoms with van der Waals surface area (Å²) in [6, 6.07) is 6.64. The lowest BCUT2D eigenvalue weighted by Gasteiger charge is -2.28. The van der Waals surface area contributed by atoms with Gasteiger partial charge in [-0.3, -0.25) is 4.79 Å². The molecule has 0 aliphatic carbocycles. The van der Waals surface area contributed by atoms with Crippen LogP contribution in [0.4, 0.5) is 0 Å². The fourth-order valence-corrected chi connectivity index (χ4v) is 3.51. The molecule has 0 bridgehead atoms. The van der Waals surface area contributed by atoms with E-state index in [4.69, 9.17) is 5.11 Å². The van der Waals surface area contributed by atoms with E-state index in [9.17, 15) is 9.59 Å². The number of aromatic carboxylic acids is 1. The quantitative estimate of drug-likeness (QED) is 0.782. The Balaban J connectivity index is 1.52. The highest BCUT2D eigenvalue weighted by atomic mass is 16.4. The topological polar surface area (TPSA) is 98.3 Å². The van der Waals surface area contributed by atoms with Crippen molar-refractivity contribution in [1.29, 1.82) is 0 Å². The number of aromatic amines is 1. The van der Waals surface area contributed by atoms with Gasteiger partial charge in [0.2, 0.25) is 5.91 Å². The molecule has 2 aliphatic heterocycles. The van der Waals surface area contributed by atoms with Crippen LogP contribution in [0.5, 0.6) is 0 Å². The maximum Gasteiger partial charge on any atom is 0.335 e. The number of carboxylic acids is 1. The minimum Gasteiger partial charge on any atom is -0.478 e. The van der Waals surface area contributed by atoms with Crippen LogP contribution in [-0.4, -0.2) is 51.5 Å². The Morgan fingerprint density at radius 3 is 2.72 bits per heavy atom. The van der Waals surface area contributed by atoms with E-state index in [-0.39, 0.29) is 17.4 Å². The average molecular weight is 340 g/mol. The first kappa shape index (κ1) is 15.8. The molecule has 4 rings (SSSR count). The first-order chi connectivity index (χ1) is 12.1. The zero-order valence-corrected chi connectivity index (χ0v) is 13.8. The number of benzene rings is 1. The third kappa shape index (κ3) is 3.02. The fraction of sp³-hybridized carbons (Fsp3) is 0.389. The number of hydrogen-bond donors (Lipinski definition) is 3. The van der Waals surface area contributed by atoms with Crippen molar-refractivity contribution in [2.45, 2.75) is 19.4 Å². The highest BCUT2D eigenvalue weighted by Gasteiger charge is 2.30. The largest absolute Gasteiger partial charge is 0.478 e. The van der Waals surface area contributed by atoms with Crippen molar-refractivity contribution < 1.29 is 14.7 Å². The zero-order valence-electron chi connectivity index (χ0n) is 13.8. The van der Waals surface area contributed by atoms with Gasteiger partial charge < -0.3 is 20.3 Å². The van der Waals surface area contributed by atoms with Gasteiger partial charge in [-0.1, -0.05) is 12.1 Å². The zero-order chi connectivity index (χ0) is 17.4. The van der Waals surface area contributed by atoms with Crippen molar-refractivity contribution in [3.63, 3.8) is 0 Å². The van der Waals surface area contributed by atoms with E-state index in [1.165, 1.54) is 0 Å². The molecule has 3 N–H and O–H groups in total. The second-order valence-electron chi connectivity index (χ2n) is 6.59. The summed E-state index contributed by atoms with van der Waals surface area (Å²) >= 11 is 0.